The van der Waals surface area contributed by atoms with Gasteiger partial charge in [-0.3, -0.25) is 4.98 Å². The first-order chi connectivity index (χ1) is 15.5. The van der Waals surface area contributed by atoms with Crippen LogP contribution in [0, 0.1) is 0 Å². The van der Waals surface area contributed by atoms with E-state index >= 15 is 0 Å². The summed E-state index contributed by atoms with van der Waals surface area (Å²) in [4.78, 5) is 20.3. The van der Waals surface area contributed by atoms with Crippen LogP contribution in [0.15, 0.2) is 67.0 Å². The Balaban J connectivity index is 1.72. The van der Waals surface area contributed by atoms with E-state index in [4.69, 9.17) is 12.2 Å². The van der Waals surface area contributed by atoms with Crippen LogP contribution in [-0.2, 0) is 0 Å². The lowest BCUT2D eigenvalue weighted by atomic mass is 10.0. The fraction of sp³-hybridized carbons (Fsp3) is 0.292. The molecule has 0 bridgehead atoms. The molecule has 0 amide bonds. The van der Waals surface area contributed by atoms with E-state index < -0.39 is 5.97 Å². The Morgan fingerprint density at radius 1 is 1.16 bits per heavy atom. The van der Waals surface area contributed by atoms with E-state index in [1.54, 1.807) is 18.3 Å². The van der Waals surface area contributed by atoms with Gasteiger partial charge in [0.05, 0.1) is 23.3 Å². The minimum atomic E-state index is -0.933. The van der Waals surface area contributed by atoms with Gasteiger partial charge in [0.15, 0.2) is 5.11 Å². The Labute approximate surface area is 193 Å². The molecule has 166 valence electrons. The number of aromatic carboxylic acids is 1. The summed E-state index contributed by atoms with van der Waals surface area (Å²) in [5.41, 5.74) is 3.17. The van der Waals surface area contributed by atoms with Gasteiger partial charge in [0, 0.05) is 30.3 Å². The summed E-state index contributed by atoms with van der Waals surface area (Å²) >= 11 is 5.75. The summed E-state index contributed by atoms with van der Waals surface area (Å²) in [5, 5.41) is 13.4. The molecule has 2 N–H and O–H groups in total. The van der Waals surface area contributed by atoms with Crippen LogP contribution < -0.4 is 5.32 Å². The highest BCUT2D eigenvalue weighted by molar-refractivity contribution is 7.80. The van der Waals surface area contributed by atoms with Crippen molar-refractivity contribution in [3.8, 4) is 5.69 Å². The number of benzene rings is 1. The van der Waals surface area contributed by atoms with Crippen molar-refractivity contribution < 1.29 is 9.90 Å². The minimum absolute atomic E-state index is 0.0475. The molecule has 7 nitrogen and oxygen atoms in total. The molecule has 32 heavy (non-hydrogen) atoms. The highest BCUT2D eigenvalue weighted by atomic mass is 32.1. The van der Waals surface area contributed by atoms with Crippen LogP contribution in [0.1, 0.15) is 40.3 Å². The molecule has 0 saturated carbocycles. The highest BCUT2D eigenvalue weighted by Crippen LogP contribution is 2.39. The molecule has 1 aliphatic rings. The number of carbonyl (C=O) groups is 1. The maximum atomic E-state index is 11.3. The lowest BCUT2D eigenvalue weighted by Crippen LogP contribution is -2.33. The second kappa shape index (κ2) is 9.50. The molecule has 3 heterocycles. The van der Waals surface area contributed by atoms with E-state index in [0.717, 1.165) is 41.7 Å². The fourth-order valence-electron chi connectivity index (χ4n) is 4.16. The topological polar surface area (TPSA) is 73.6 Å². The van der Waals surface area contributed by atoms with E-state index in [9.17, 15) is 9.90 Å². The van der Waals surface area contributed by atoms with Gasteiger partial charge in [-0.25, -0.2) is 4.79 Å². The standard InChI is InChI=1S/C24H27N5O2S/c1-27(2)14-6-16-29-22(21(26-24(29)32)19-7-3-4-13-25-19)20-8-5-15-28(20)18-11-9-17(10-12-18)23(30)31/h3-5,7-13,15,21-22H,6,14,16H2,1-2H3,(H,26,32)(H,30,31)/t21-,22+/m0/s1. The van der Waals surface area contributed by atoms with Crippen LogP contribution in [-0.4, -0.2) is 62.7 Å². The molecule has 1 aliphatic heterocycles. The van der Waals surface area contributed by atoms with E-state index in [0.29, 0.717) is 0 Å². The zero-order chi connectivity index (χ0) is 22.7. The highest BCUT2D eigenvalue weighted by Gasteiger charge is 2.40. The molecule has 2 atom stereocenters. The van der Waals surface area contributed by atoms with E-state index in [2.05, 4.69) is 44.8 Å². The van der Waals surface area contributed by atoms with Crippen molar-refractivity contribution in [3.05, 3.63) is 83.9 Å². The van der Waals surface area contributed by atoms with Crippen molar-refractivity contribution in [2.75, 3.05) is 27.2 Å². The molecule has 8 heteroatoms. The van der Waals surface area contributed by atoms with Crippen LogP contribution >= 0.6 is 12.2 Å². The van der Waals surface area contributed by atoms with Crippen LogP contribution in [0.3, 0.4) is 0 Å². The molecular formula is C24H27N5O2S. The lowest BCUT2D eigenvalue weighted by molar-refractivity contribution is 0.0697. The number of nitrogens with zero attached hydrogens (tertiary/aromatic N) is 4. The van der Waals surface area contributed by atoms with Crippen molar-refractivity contribution in [2.24, 2.45) is 0 Å². The van der Waals surface area contributed by atoms with Gasteiger partial charge in [-0.15, -0.1) is 0 Å². The van der Waals surface area contributed by atoms with Gasteiger partial charge in [-0.2, -0.15) is 0 Å². The van der Waals surface area contributed by atoms with Crippen LogP contribution in [0.2, 0.25) is 0 Å². The van der Waals surface area contributed by atoms with E-state index in [-0.39, 0.29) is 17.6 Å². The van der Waals surface area contributed by atoms with Gasteiger partial charge in [0.2, 0.25) is 0 Å². The van der Waals surface area contributed by atoms with Gasteiger partial charge in [-0.05, 0) is 87.8 Å². The maximum Gasteiger partial charge on any atom is 0.335 e. The number of hydrogen-bond acceptors (Lipinski definition) is 4. The first-order valence-corrected chi connectivity index (χ1v) is 11.0. The Hall–Kier alpha value is -3.23. The SMILES string of the molecule is CN(C)CCCN1C(=S)N[C@@H](c2ccccn2)[C@H]1c1cccn1-c1ccc(C(=O)O)cc1. The second-order valence-corrected chi connectivity index (χ2v) is 8.52. The number of hydrogen-bond donors (Lipinski definition) is 2. The average Bonchev–Trinajstić information content (AvgIpc) is 3.39. The number of carboxylic acid groups (broad SMARTS) is 1. The molecular weight excluding hydrogens is 422 g/mol. The zero-order valence-electron chi connectivity index (χ0n) is 18.2. The summed E-state index contributed by atoms with van der Waals surface area (Å²) in [6, 6.07) is 16.8. The number of rotatable bonds is 8. The average molecular weight is 450 g/mol. The molecule has 4 rings (SSSR count). The summed E-state index contributed by atoms with van der Waals surface area (Å²) in [7, 11) is 4.14. The number of nitrogens with one attached hydrogen (secondary N) is 1. The van der Waals surface area contributed by atoms with Crippen LogP contribution in [0.5, 0.6) is 0 Å². The van der Waals surface area contributed by atoms with Crippen molar-refractivity contribution in [1.82, 2.24) is 24.7 Å². The molecule has 1 saturated heterocycles. The minimum Gasteiger partial charge on any atom is -0.478 e. The normalized spacial score (nSPS) is 18.2. The Bertz CT molecular complexity index is 1080. The fourth-order valence-corrected chi connectivity index (χ4v) is 4.49. The third-order valence-electron chi connectivity index (χ3n) is 5.68. The molecule has 2 aromatic heterocycles. The van der Waals surface area contributed by atoms with Gasteiger partial charge >= 0.3 is 5.97 Å². The molecule has 0 aliphatic carbocycles. The van der Waals surface area contributed by atoms with Gasteiger partial charge in [0.25, 0.3) is 0 Å². The molecule has 0 unspecified atom stereocenters. The van der Waals surface area contributed by atoms with Crippen molar-refractivity contribution in [3.63, 3.8) is 0 Å². The predicted octanol–water partition coefficient (Wildman–Crippen LogP) is 3.49. The Morgan fingerprint density at radius 2 is 1.94 bits per heavy atom. The quantitative estimate of drug-likeness (QED) is 0.510. The summed E-state index contributed by atoms with van der Waals surface area (Å²) in [5.74, 6) is -0.933. The molecule has 1 aromatic carbocycles. The molecule has 1 fully saturated rings. The summed E-state index contributed by atoms with van der Waals surface area (Å²) in [6.07, 6.45) is 4.78. The summed E-state index contributed by atoms with van der Waals surface area (Å²) < 4.78 is 2.10. The number of pyridine rings is 1. The maximum absolute atomic E-state index is 11.3. The Kier molecular flexibility index (Phi) is 6.53. The first kappa shape index (κ1) is 22.0. The molecule has 0 radical (unpaired) electrons. The van der Waals surface area contributed by atoms with Gasteiger partial charge < -0.3 is 24.8 Å². The van der Waals surface area contributed by atoms with E-state index in [1.807, 2.05) is 42.6 Å². The number of aromatic nitrogens is 2. The largest absolute Gasteiger partial charge is 0.478 e. The number of carboxylic acids is 1. The van der Waals surface area contributed by atoms with E-state index in [1.165, 1.54) is 0 Å². The zero-order valence-corrected chi connectivity index (χ0v) is 19.0. The number of thiocarbonyl (C=S) groups is 1. The monoisotopic (exact) mass is 449 g/mol. The molecule has 0 spiro atoms. The lowest BCUT2D eigenvalue weighted by Gasteiger charge is -2.29. The van der Waals surface area contributed by atoms with Gasteiger partial charge in [-0.1, -0.05) is 6.07 Å². The third-order valence-corrected chi connectivity index (χ3v) is 6.03. The second-order valence-electron chi connectivity index (χ2n) is 8.13. The first-order valence-electron chi connectivity index (χ1n) is 10.6. The van der Waals surface area contributed by atoms with Crippen molar-refractivity contribution >= 4 is 23.3 Å². The van der Waals surface area contributed by atoms with Crippen molar-refractivity contribution in [2.45, 2.75) is 18.5 Å². The van der Waals surface area contributed by atoms with Crippen LogP contribution in [0.25, 0.3) is 5.69 Å². The summed E-state index contributed by atoms with van der Waals surface area (Å²) in [6.45, 7) is 1.79. The van der Waals surface area contributed by atoms with Gasteiger partial charge in [0.1, 0.15) is 0 Å². The Morgan fingerprint density at radius 3 is 2.59 bits per heavy atom. The third kappa shape index (κ3) is 4.51. The van der Waals surface area contributed by atoms with Crippen LogP contribution in [0.4, 0.5) is 0 Å². The molecule has 3 aromatic rings. The smallest absolute Gasteiger partial charge is 0.335 e. The predicted molar refractivity (Wildman–Crippen MR) is 128 cm³/mol. The van der Waals surface area contributed by atoms with Crippen molar-refractivity contribution in [1.29, 1.82) is 0 Å².